The van der Waals surface area contributed by atoms with Gasteiger partial charge in [-0.2, -0.15) is 0 Å². The third-order valence-corrected chi connectivity index (χ3v) is 7.19. The molecule has 1 fully saturated rings. The van der Waals surface area contributed by atoms with Gasteiger partial charge in [-0.05, 0) is 36.2 Å². The zero-order chi connectivity index (χ0) is 27.8. The number of hydrogen-bond acceptors (Lipinski definition) is 7. The first-order chi connectivity index (χ1) is 18.9. The molecule has 9 nitrogen and oxygen atoms in total. The van der Waals surface area contributed by atoms with Crippen molar-refractivity contribution in [3.05, 3.63) is 59.7 Å². The topological polar surface area (TPSA) is 84.4 Å². The van der Waals surface area contributed by atoms with Crippen LogP contribution >= 0.6 is 0 Å². The molecule has 39 heavy (non-hydrogen) atoms. The third-order valence-electron chi connectivity index (χ3n) is 7.19. The Hall–Kier alpha value is -3.85. The molecule has 4 rings (SSSR count). The number of rotatable bonds is 11. The number of carbonyl (C=O) groups is 2. The van der Waals surface area contributed by atoms with Crippen LogP contribution in [-0.4, -0.2) is 87.3 Å². The molecule has 3 aromatic rings. The number of aromatic nitrogens is 1. The van der Waals surface area contributed by atoms with Gasteiger partial charge in [-0.25, -0.2) is 4.98 Å². The van der Waals surface area contributed by atoms with E-state index in [1.54, 1.807) is 28.3 Å². The van der Waals surface area contributed by atoms with E-state index >= 15 is 0 Å². The molecule has 1 aromatic heterocycles. The van der Waals surface area contributed by atoms with Crippen LogP contribution in [0.2, 0.25) is 0 Å². The molecule has 9 heteroatoms. The van der Waals surface area contributed by atoms with E-state index in [1.807, 2.05) is 52.3 Å². The fourth-order valence-electron chi connectivity index (χ4n) is 4.94. The van der Waals surface area contributed by atoms with Crippen molar-refractivity contribution in [3.63, 3.8) is 0 Å². The van der Waals surface area contributed by atoms with Crippen molar-refractivity contribution < 1.29 is 23.8 Å². The number of carbonyl (C=O) groups excluding carboxylic acids is 2. The maximum atomic E-state index is 13.5. The van der Waals surface area contributed by atoms with Gasteiger partial charge < -0.3 is 28.9 Å². The van der Waals surface area contributed by atoms with Gasteiger partial charge in [-0.3, -0.25) is 9.59 Å². The molecule has 208 valence electrons. The number of aryl methyl sites for hydroxylation is 1. The number of amides is 2. The summed E-state index contributed by atoms with van der Waals surface area (Å²) in [5.74, 6) is 2.48. The van der Waals surface area contributed by atoms with Gasteiger partial charge in [0, 0.05) is 76.7 Å². The summed E-state index contributed by atoms with van der Waals surface area (Å²) in [6.45, 7) is 5.54. The summed E-state index contributed by atoms with van der Waals surface area (Å²) in [5.41, 5.74) is 2.80. The Kier molecular flexibility index (Phi) is 9.59. The van der Waals surface area contributed by atoms with Crippen molar-refractivity contribution in [2.24, 2.45) is 0 Å². The number of fused-ring (bicyclic) bond motifs is 1. The lowest BCUT2D eigenvalue weighted by molar-refractivity contribution is -0.132. The molecule has 0 aliphatic carbocycles. The van der Waals surface area contributed by atoms with Crippen molar-refractivity contribution in [1.29, 1.82) is 0 Å². The van der Waals surface area contributed by atoms with Crippen molar-refractivity contribution in [1.82, 2.24) is 14.8 Å². The van der Waals surface area contributed by atoms with Crippen LogP contribution in [0.4, 0.5) is 5.82 Å². The third kappa shape index (κ3) is 6.97. The maximum Gasteiger partial charge on any atom is 0.223 e. The molecule has 1 saturated heterocycles. The second-order valence-electron chi connectivity index (χ2n) is 9.64. The average Bonchev–Trinajstić information content (AvgIpc) is 2.97. The molecule has 0 radical (unpaired) electrons. The number of para-hydroxylation sites is 1. The van der Waals surface area contributed by atoms with Crippen LogP contribution in [0.25, 0.3) is 10.9 Å². The van der Waals surface area contributed by atoms with Crippen LogP contribution in [-0.2, 0) is 27.3 Å². The van der Waals surface area contributed by atoms with Crippen LogP contribution in [0.3, 0.4) is 0 Å². The molecular formula is C30H38N4O5. The van der Waals surface area contributed by atoms with E-state index in [1.165, 1.54) is 0 Å². The van der Waals surface area contributed by atoms with E-state index in [-0.39, 0.29) is 11.8 Å². The van der Waals surface area contributed by atoms with Gasteiger partial charge in [0.1, 0.15) is 17.3 Å². The Balaban J connectivity index is 1.62. The minimum absolute atomic E-state index is 0.0418. The number of ether oxygens (including phenoxy) is 3. The molecule has 2 heterocycles. The second kappa shape index (κ2) is 13.3. The SMILES string of the molecule is COCCN(Cc1cc2ccc(OC)cc2nc1N1CCN(C(C)=O)CC1)C(=O)CCc1ccccc1OC. The summed E-state index contributed by atoms with van der Waals surface area (Å²) in [6, 6.07) is 15.7. The second-order valence-corrected chi connectivity index (χ2v) is 9.64. The first kappa shape index (κ1) is 28.2. The van der Waals surface area contributed by atoms with Gasteiger partial charge in [-0.1, -0.05) is 18.2 Å². The van der Waals surface area contributed by atoms with Gasteiger partial charge in [0.25, 0.3) is 0 Å². The molecular weight excluding hydrogens is 496 g/mol. The Labute approximate surface area is 230 Å². The van der Waals surface area contributed by atoms with Crippen LogP contribution in [0.5, 0.6) is 11.5 Å². The van der Waals surface area contributed by atoms with Gasteiger partial charge in [0.15, 0.2) is 0 Å². The zero-order valence-corrected chi connectivity index (χ0v) is 23.3. The molecule has 1 aliphatic heterocycles. The van der Waals surface area contributed by atoms with Crippen molar-refractivity contribution >= 4 is 28.5 Å². The summed E-state index contributed by atoms with van der Waals surface area (Å²) >= 11 is 0. The summed E-state index contributed by atoms with van der Waals surface area (Å²) < 4.78 is 16.2. The Morgan fingerprint density at radius 2 is 1.72 bits per heavy atom. The minimum atomic E-state index is 0.0418. The van der Waals surface area contributed by atoms with Gasteiger partial charge in [-0.15, -0.1) is 0 Å². The molecule has 0 N–H and O–H groups in total. The molecule has 2 amide bonds. The van der Waals surface area contributed by atoms with Crippen LogP contribution < -0.4 is 14.4 Å². The quantitative estimate of drug-likeness (QED) is 0.372. The summed E-state index contributed by atoms with van der Waals surface area (Å²) in [5, 5.41) is 0.977. The maximum absolute atomic E-state index is 13.5. The van der Waals surface area contributed by atoms with Crippen molar-refractivity contribution in [2.75, 3.05) is 65.6 Å². The van der Waals surface area contributed by atoms with E-state index in [0.29, 0.717) is 58.7 Å². The lowest BCUT2D eigenvalue weighted by Crippen LogP contribution is -2.48. The minimum Gasteiger partial charge on any atom is -0.497 e. The number of pyridine rings is 1. The molecule has 1 aliphatic rings. The average molecular weight is 535 g/mol. The number of anilines is 1. The standard InChI is InChI=1S/C30H38N4O5/c1-22(35)32-13-15-33(16-14-32)30-25(19-24-9-11-26(38-3)20-27(24)31-30)21-34(17-18-37-2)29(36)12-10-23-7-5-6-8-28(23)39-4/h5-9,11,19-20H,10,12-18,21H2,1-4H3. The highest BCUT2D eigenvalue weighted by molar-refractivity contribution is 5.84. The highest BCUT2D eigenvalue weighted by atomic mass is 16.5. The first-order valence-electron chi connectivity index (χ1n) is 13.3. The molecule has 0 atom stereocenters. The van der Waals surface area contributed by atoms with E-state index in [9.17, 15) is 9.59 Å². The molecule has 2 aromatic carbocycles. The van der Waals surface area contributed by atoms with E-state index in [0.717, 1.165) is 39.3 Å². The van der Waals surface area contributed by atoms with Gasteiger partial charge in [0.05, 0.1) is 26.3 Å². The summed E-state index contributed by atoms with van der Waals surface area (Å²) in [7, 11) is 4.93. The molecule has 0 saturated carbocycles. The normalized spacial score (nSPS) is 13.4. The van der Waals surface area contributed by atoms with E-state index in [2.05, 4.69) is 11.0 Å². The Bertz CT molecular complexity index is 1290. The molecule has 0 bridgehead atoms. The summed E-state index contributed by atoms with van der Waals surface area (Å²) in [4.78, 5) is 36.4. The zero-order valence-electron chi connectivity index (χ0n) is 23.3. The largest absolute Gasteiger partial charge is 0.497 e. The lowest BCUT2D eigenvalue weighted by atomic mass is 10.1. The highest BCUT2D eigenvalue weighted by Crippen LogP contribution is 2.29. The predicted octanol–water partition coefficient (Wildman–Crippen LogP) is 3.53. The highest BCUT2D eigenvalue weighted by Gasteiger charge is 2.24. The van der Waals surface area contributed by atoms with Crippen molar-refractivity contribution in [2.45, 2.75) is 26.3 Å². The van der Waals surface area contributed by atoms with Gasteiger partial charge in [0.2, 0.25) is 11.8 Å². The number of piperazine rings is 1. The number of hydrogen-bond donors (Lipinski definition) is 0. The van der Waals surface area contributed by atoms with Crippen LogP contribution in [0.1, 0.15) is 24.5 Å². The van der Waals surface area contributed by atoms with E-state index in [4.69, 9.17) is 19.2 Å². The first-order valence-corrected chi connectivity index (χ1v) is 13.3. The van der Waals surface area contributed by atoms with Crippen LogP contribution in [0, 0.1) is 0 Å². The fourth-order valence-corrected chi connectivity index (χ4v) is 4.94. The molecule has 0 spiro atoms. The number of nitrogens with zero attached hydrogens (tertiary/aromatic N) is 4. The van der Waals surface area contributed by atoms with Crippen LogP contribution in [0.15, 0.2) is 48.5 Å². The monoisotopic (exact) mass is 534 g/mol. The van der Waals surface area contributed by atoms with E-state index < -0.39 is 0 Å². The lowest BCUT2D eigenvalue weighted by Gasteiger charge is -2.36. The smallest absolute Gasteiger partial charge is 0.223 e. The number of benzene rings is 2. The predicted molar refractivity (Wildman–Crippen MR) is 151 cm³/mol. The Morgan fingerprint density at radius 3 is 2.41 bits per heavy atom. The van der Waals surface area contributed by atoms with Crippen molar-refractivity contribution in [3.8, 4) is 11.5 Å². The number of methoxy groups -OCH3 is 3. The fraction of sp³-hybridized carbons (Fsp3) is 0.433. The Morgan fingerprint density at radius 1 is 0.949 bits per heavy atom. The molecule has 0 unspecified atom stereocenters. The van der Waals surface area contributed by atoms with Gasteiger partial charge >= 0.3 is 0 Å². The summed E-state index contributed by atoms with van der Waals surface area (Å²) in [6.07, 6.45) is 0.941.